The number of hydrogen-bond donors (Lipinski definition) is 2. The molecule has 1 unspecified atom stereocenters. The fraction of sp³-hybridized carbons (Fsp3) is 0.310. The molecule has 3 aromatic carbocycles. The first-order valence-electron chi connectivity index (χ1n) is 12.0. The number of aliphatic carboxylic acids is 1. The van der Waals surface area contributed by atoms with Gasteiger partial charge in [-0.3, -0.25) is 0 Å². The van der Waals surface area contributed by atoms with Gasteiger partial charge in [-0.1, -0.05) is 54.6 Å². The summed E-state index contributed by atoms with van der Waals surface area (Å²) < 4.78 is 24.8. The normalized spacial score (nSPS) is 23.9. The molecule has 7 heteroatoms. The van der Waals surface area contributed by atoms with E-state index in [1.54, 1.807) is 6.07 Å². The molecule has 0 saturated heterocycles. The summed E-state index contributed by atoms with van der Waals surface area (Å²) in [5.74, 6) is -1.44. The maximum Gasteiger partial charge on any atom is 0.407 e. The van der Waals surface area contributed by atoms with Crippen molar-refractivity contribution < 1.29 is 28.6 Å². The first kappa shape index (κ1) is 22.6. The molecule has 0 spiro atoms. The summed E-state index contributed by atoms with van der Waals surface area (Å²) in [6.07, 6.45) is 0.990. The molecule has 6 nitrogen and oxygen atoms in total. The van der Waals surface area contributed by atoms with Gasteiger partial charge in [-0.05, 0) is 64.6 Å². The molecule has 1 atom stereocenters. The van der Waals surface area contributed by atoms with Gasteiger partial charge >= 0.3 is 12.1 Å². The van der Waals surface area contributed by atoms with E-state index in [-0.39, 0.29) is 23.7 Å². The molecule has 0 radical (unpaired) electrons. The minimum atomic E-state index is -1.09. The Kier molecular flexibility index (Phi) is 5.07. The van der Waals surface area contributed by atoms with Crippen molar-refractivity contribution in [2.75, 3.05) is 13.7 Å². The molecule has 2 N–H and O–H groups in total. The van der Waals surface area contributed by atoms with Crippen LogP contribution in [0.4, 0.5) is 9.18 Å². The molecule has 36 heavy (non-hydrogen) atoms. The van der Waals surface area contributed by atoms with Crippen molar-refractivity contribution in [2.45, 2.75) is 36.6 Å². The number of hydrogen-bond acceptors (Lipinski definition) is 4. The highest BCUT2D eigenvalue weighted by Gasteiger charge is 2.72. The molecule has 2 bridgehead atoms. The maximum atomic E-state index is 14.2. The number of methoxy groups -OCH3 is 1. The molecule has 0 heterocycles. The number of carboxylic acid groups (broad SMARTS) is 1. The number of carbonyl (C=O) groups is 2. The third-order valence-electron chi connectivity index (χ3n) is 8.30. The Balaban J connectivity index is 1.12. The lowest BCUT2D eigenvalue weighted by molar-refractivity contribution is -0.183. The van der Waals surface area contributed by atoms with Crippen molar-refractivity contribution in [3.05, 3.63) is 89.2 Å². The minimum Gasteiger partial charge on any atom is -0.494 e. The Hall–Kier alpha value is -3.87. The number of alkyl carbamates (subject to hydrolysis) is 1. The van der Waals surface area contributed by atoms with Crippen LogP contribution in [-0.4, -0.2) is 36.9 Å². The third-order valence-corrected chi connectivity index (χ3v) is 8.30. The van der Waals surface area contributed by atoms with Gasteiger partial charge in [-0.15, -0.1) is 0 Å². The fourth-order valence-corrected chi connectivity index (χ4v) is 6.71. The van der Waals surface area contributed by atoms with Crippen LogP contribution in [0.2, 0.25) is 0 Å². The van der Waals surface area contributed by atoms with Crippen LogP contribution in [0.1, 0.15) is 41.9 Å². The van der Waals surface area contributed by atoms with Crippen molar-refractivity contribution in [3.8, 4) is 16.9 Å². The van der Waals surface area contributed by atoms with E-state index in [9.17, 15) is 19.1 Å². The lowest BCUT2D eigenvalue weighted by Gasteiger charge is -2.72. The van der Waals surface area contributed by atoms with Gasteiger partial charge in [0.1, 0.15) is 12.6 Å². The standard InChI is InChI=1S/C29H26FNO5/c1-35-24-11-10-17(12-23(24)30)28-14-29(15-28,16-28)25(26(32)33)31-27(34)36-13-22-20-8-4-2-6-18(20)19-7-3-5-9-21(19)22/h2-12,22,25H,13-16H2,1H3,(H,31,34)(H,32,33). The third kappa shape index (κ3) is 3.29. The molecule has 1 amide bonds. The number of halogens is 1. The van der Waals surface area contributed by atoms with Crippen LogP contribution in [-0.2, 0) is 14.9 Å². The van der Waals surface area contributed by atoms with E-state index in [0.717, 1.165) is 27.8 Å². The second kappa shape index (κ2) is 8.08. The summed E-state index contributed by atoms with van der Waals surface area (Å²) in [4.78, 5) is 24.9. The SMILES string of the molecule is COc1ccc(C23CC(C(NC(=O)OCC4c5ccccc5-c5ccccc54)C(=O)O)(C2)C3)cc1F. The molecule has 3 fully saturated rings. The van der Waals surface area contributed by atoms with Crippen molar-refractivity contribution in [3.63, 3.8) is 0 Å². The fourth-order valence-electron chi connectivity index (χ4n) is 6.71. The van der Waals surface area contributed by atoms with Gasteiger partial charge in [0.25, 0.3) is 0 Å². The Bertz CT molecular complexity index is 1320. The highest BCUT2D eigenvalue weighted by atomic mass is 19.1. The number of amides is 1. The summed E-state index contributed by atoms with van der Waals surface area (Å²) in [5, 5.41) is 12.5. The molecule has 184 valence electrons. The number of carbonyl (C=O) groups excluding carboxylic acids is 1. The Labute approximate surface area is 208 Å². The number of ether oxygens (including phenoxy) is 2. The van der Waals surface area contributed by atoms with Crippen LogP contribution in [0.25, 0.3) is 11.1 Å². The van der Waals surface area contributed by atoms with Gasteiger partial charge in [-0.25, -0.2) is 14.0 Å². The second-order valence-corrected chi connectivity index (χ2v) is 10.3. The van der Waals surface area contributed by atoms with Gasteiger partial charge in [-0.2, -0.15) is 0 Å². The Morgan fingerprint density at radius 2 is 1.64 bits per heavy atom. The van der Waals surface area contributed by atoms with E-state index in [1.165, 1.54) is 13.2 Å². The lowest BCUT2D eigenvalue weighted by atomic mass is 9.31. The number of nitrogens with one attached hydrogen (secondary N) is 1. The van der Waals surface area contributed by atoms with Gasteiger partial charge in [0, 0.05) is 11.3 Å². The Morgan fingerprint density at radius 3 is 2.19 bits per heavy atom. The molecular weight excluding hydrogens is 461 g/mol. The maximum absolute atomic E-state index is 14.2. The smallest absolute Gasteiger partial charge is 0.407 e. The average Bonchev–Trinajstić information content (AvgIpc) is 3.14. The van der Waals surface area contributed by atoms with Crippen LogP contribution in [0.5, 0.6) is 5.75 Å². The lowest BCUT2D eigenvalue weighted by Crippen LogP contribution is -2.73. The number of rotatable bonds is 7. The molecule has 4 aliphatic carbocycles. The van der Waals surface area contributed by atoms with Gasteiger partial charge in [0.05, 0.1) is 7.11 Å². The van der Waals surface area contributed by atoms with E-state index in [2.05, 4.69) is 17.4 Å². The quantitative estimate of drug-likeness (QED) is 0.476. The zero-order valence-corrected chi connectivity index (χ0v) is 19.8. The Morgan fingerprint density at radius 1 is 1.03 bits per heavy atom. The number of benzene rings is 3. The topological polar surface area (TPSA) is 84.9 Å². The van der Waals surface area contributed by atoms with E-state index in [0.29, 0.717) is 19.3 Å². The van der Waals surface area contributed by atoms with Crippen LogP contribution < -0.4 is 10.1 Å². The molecule has 7 rings (SSSR count). The van der Waals surface area contributed by atoms with Gasteiger partial charge in [0.15, 0.2) is 11.6 Å². The summed E-state index contributed by atoms with van der Waals surface area (Å²) in [5.41, 5.74) is 4.48. The van der Waals surface area contributed by atoms with Gasteiger partial charge < -0.3 is 19.9 Å². The first-order valence-corrected chi connectivity index (χ1v) is 12.0. The van der Waals surface area contributed by atoms with Crippen LogP contribution in [0, 0.1) is 11.2 Å². The van der Waals surface area contributed by atoms with Gasteiger partial charge in [0.2, 0.25) is 0 Å². The van der Waals surface area contributed by atoms with Crippen LogP contribution >= 0.6 is 0 Å². The number of fused-ring (bicyclic) bond motifs is 3. The van der Waals surface area contributed by atoms with E-state index in [1.807, 2.05) is 42.5 Å². The van der Waals surface area contributed by atoms with Crippen molar-refractivity contribution >= 4 is 12.1 Å². The number of carboxylic acids is 1. The zero-order valence-electron chi connectivity index (χ0n) is 19.8. The predicted molar refractivity (Wildman–Crippen MR) is 131 cm³/mol. The molecule has 3 saturated carbocycles. The average molecular weight is 488 g/mol. The van der Waals surface area contributed by atoms with Crippen LogP contribution in [0.15, 0.2) is 66.7 Å². The summed E-state index contributed by atoms with van der Waals surface area (Å²) in [6, 6.07) is 19.9. The van der Waals surface area contributed by atoms with Crippen molar-refractivity contribution in [1.29, 1.82) is 0 Å². The summed E-state index contributed by atoms with van der Waals surface area (Å²) in [6.45, 7) is 0.119. The largest absolute Gasteiger partial charge is 0.494 e. The summed E-state index contributed by atoms with van der Waals surface area (Å²) in [7, 11) is 1.42. The van der Waals surface area contributed by atoms with E-state index < -0.39 is 29.3 Å². The predicted octanol–water partition coefficient (Wildman–Crippen LogP) is 5.25. The molecule has 0 aromatic heterocycles. The minimum absolute atomic E-state index is 0.102. The van der Waals surface area contributed by atoms with Crippen molar-refractivity contribution in [2.24, 2.45) is 5.41 Å². The molecular formula is C29H26FNO5. The highest BCUT2D eigenvalue weighted by molar-refractivity contribution is 5.82. The molecule has 4 aliphatic rings. The van der Waals surface area contributed by atoms with Crippen LogP contribution in [0.3, 0.4) is 0 Å². The monoisotopic (exact) mass is 487 g/mol. The van der Waals surface area contributed by atoms with Crippen molar-refractivity contribution in [1.82, 2.24) is 5.32 Å². The molecule has 3 aromatic rings. The highest BCUT2D eigenvalue weighted by Crippen LogP contribution is 2.75. The van der Waals surface area contributed by atoms with E-state index >= 15 is 0 Å². The second-order valence-electron chi connectivity index (χ2n) is 10.3. The molecule has 0 aliphatic heterocycles. The summed E-state index contributed by atoms with van der Waals surface area (Å²) >= 11 is 0. The zero-order chi connectivity index (χ0) is 25.1. The van der Waals surface area contributed by atoms with E-state index in [4.69, 9.17) is 9.47 Å². The first-order chi connectivity index (χ1) is 17.4.